The number of piperazine rings is 1. The molecule has 0 aliphatic carbocycles. The number of anilines is 2. The highest BCUT2D eigenvalue weighted by molar-refractivity contribution is 6.36. The Labute approximate surface area is 297 Å². The second-order valence-electron chi connectivity index (χ2n) is 13.2. The van der Waals surface area contributed by atoms with Crippen molar-refractivity contribution in [1.29, 1.82) is 5.26 Å². The zero-order valence-electron chi connectivity index (χ0n) is 28.5. The summed E-state index contributed by atoms with van der Waals surface area (Å²) in [7, 11) is 3.66. The Morgan fingerprint density at radius 2 is 1.92 bits per heavy atom. The molecule has 0 unspecified atom stereocenters. The minimum atomic E-state index is -0.359. The third-order valence-corrected chi connectivity index (χ3v) is 10.5. The molecule has 0 spiro atoms. The molecule has 2 aromatic heterocycles. The second-order valence-corrected chi connectivity index (χ2v) is 13.6. The van der Waals surface area contributed by atoms with Crippen LogP contribution in [0.4, 0.5) is 11.5 Å². The van der Waals surface area contributed by atoms with Gasteiger partial charge in [-0.3, -0.25) is 4.79 Å². The third-order valence-electron chi connectivity index (χ3n) is 10.2. The van der Waals surface area contributed by atoms with Crippen LogP contribution in [-0.4, -0.2) is 96.2 Å². The van der Waals surface area contributed by atoms with E-state index in [1.54, 1.807) is 23.2 Å². The smallest absolute Gasteiger partial charge is 0.318 e. The summed E-state index contributed by atoms with van der Waals surface area (Å²) in [6.07, 6.45) is 4.71. The number of hydrogen-bond donors (Lipinski definition) is 0. The van der Waals surface area contributed by atoms with Crippen molar-refractivity contribution in [3.63, 3.8) is 0 Å². The summed E-state index contributed by atoms with van der Waals surface area (Å²) >= 11 is 6.74. The molecule has 7 rings (SSSR count). The summed E-state index contributed by atoms with van der Waals surface area (Å²) in [6.45, 7) is 8.40. The number of ether oxygens (including phenoxy) is 2. The van der Waals surface area contributed by atoms with E-state index in [-0.39, 0.29) is 18.4 Å². The van der Waals surface area contributed by atoms with Gasteiger partial charge in [0.2, 0.25) is 5.88 Å². The highest BCUT2D eigenvalue weighted by atomic mass is 35.5. The van der Waals surface area contributed by atoms with Gasteiger partial charge in [0.15, 0.2) is 0 Å². The van der Waals surface area contributed by atoms with E-state index < -0.39 is 0 Å². The lowest BCUT2D eigenvalue weighted by Crippen LogP contribution is -2.56. The molecule has 2 fully saturated rings. The van der Waals surface area contributed by atoms with Crippen LogP contribution in [0.25, 0.3) is 16.3 Å². The van der Waals surface area contributed by atoms with Crippen LogP contribution in [0.1, 0.15) is 36.1 Å². The molecular weight excluding hydrogens is 652 g/mol. The first-order valence-corrected chi connectivity index (χ1v) is 17.5. The quantitative estimate of drug-likeness (QED) is 0.213. The highest BCUT2D eigenvalue weighted by Gasteiger charge is 2.35. The van der Waals surface area contributed by atoms with E-state index in [4.69, 9.17) is 31.0 Å². The van der Waals surface area contributed by atoms with E-state index in [0.717, 1.165) is 70.9 Å². The average Bonchev–Trinajstić information content (AvgIpc) is 3.57. The fourth-order valence-electron chi connectivity index (χ4n) is 7.42. The van der Waals surface area contributed by atoms with Crippen LogP contribution < -0.4 is 19.3 Å². The Kier molecular flexibility index (Phi) is 9.74. The zero-order valence-corrected chi connectivity index (χ0v) is 29.3. The Morgan fingerprint density at radius 3 is 2.70 bits per heavy atom. The van der Waals surface area contributed by atoms with Gasteiger partial charge in [0.05, 0.1) is 42.9 Å². The van der Waals surface area contributed by atoms with Gasteiger partial charge >= 0.3 is 6.01 Å². The van der Waals surface area contributed by atoms with Gasteiger partial charge in [-0.25, -0.2) is 4.98 Å². The molecule has 3 aliphatic heterocycles. The lowest BCUT2D eigenvalue weighted by molar-refractivity contribution is -0.127. The number of aromatic nitrogens is 3. The molecule has 2 saturated heterocycles. The predicted molar refractivity (Wildman–Crippen MR) is 195 cm³/mol. The van der Waals surface area contributed by atoms with E-state index in [1.165, 1.54) is 7.11 Å². The number of pyridine rings is 1. The fraction of sp³-hybridized carbons (Fsp3) is 0.395. The Morgan fingerprint density at radius 1 is 1.08 bits per heavy atom. The van der Waals surface area contributed by atoms with Gasteiger partial charge in [-0.1, -0.05) is 42.4 Å². The molecule has 11 nitrogen and oxygen atoms in total. The number of nitrogens with zero attached hydrogens (tertiary/aromatic N) is 8. The molecular formula is C38H41ClN8O3. The lowest BCUT2D eigenvalue weighted by Gasteiger charge is -2.42. The molecule has 0 N–H and O–H groups in total. The molecule has 0 saturated carbocycles. The first-order valence-electron chi connectivity index (χ1n) is 17.1. The highest BCUT2D eigenvalue weighted by Crippen LogP contribution is 2.37. The number of hydrogen-bond acceptors (Lipinski definition) is 10. The van der Waals surface area contributed by atoms with Crippen molar-refractivity contribution >= 4 is 45.4 Å². The number of rotatable bonds is 9. The molecule has 0 radical (unpaired) electrons. The first kappa shape index (κ1) is 33.6. The molecule has 3 aliphatic rings. The fourth-order valence-corrected chi connectivity index (χ4v) is 7.70. The van der Waals surface area contributed by atoms with Gasteiger partial charge in [-0.05, 0) is 62.0 Å². The standard InChI is InChI=1S/C38H41ClN8O3/c1-25(27-13-16-41-34(21-27)49-3)37(48)47-20-19-46(22-28(47)12-15-40)36-30-14-18-45(33-11-5-8-26-7-4-10-31(39)35(26)33)23-32(30)42-38(43-36)50-24-29-9-6-17-44(29)2/h4-5,7-8,10-11,13,16,21,28-29H,1,6,9,12,14,17-20,22-24H2,2-3H3/t28-,29-/m0/s1. The van der Waals surface area contributed by atoms with Gasteiger partial charge in [0.1, 0.15) is 12.4 Å². The molecule has 4 aromatic rings. The summed E-state index contributed by atoms with van der Waals surface area (Å²) in [5.74, 6) is 1.01. The SMILES string of the molecule is C=C(C(=O)N1CCN(c2nc(OC[C@@H]3CCCN3C)nc3c2CCN(c2cccc4cccc(Cl)c24)C3)C[C@@H]1CC#N)c1ccnc(OC)c1. The van der Waals surface area contributed by atoms with Crippen LogP contribution in [0.5, 0.6) is 11.9 Å². The van der Waals surface area contributed by atoms with E-state index in [1.807, 2.05) is 12.1 Å². The van der Waals surface area contributed by atoms with Crippen molar-refractivity contribution in [3.8, 4) is 18.0 Å². The zero-order chi connectivity index (χ0) is 34.8. The number of methoxy groups -OCH3 is 1. The van der Waals surface area contributed by atoms with Crippen LogP contribution in [0, 0.1) is 11.3 Å². The summed E-state index contributed by atoms with van der Waals surface area (Å²) in [4.78, 5) is 36.6. The van der Waals surface area contributed by atoms with Crippen LogP contribution in [-0.2, 0) is 17.8 Å². The number of nitriles is 1. The summed E-state index contributed by atoms with van der Waals surface area (Å²) in [5, 5.41) is 12.7. The summed E-state index contributed by atoms with van der Waals surface area (Å²) in [5.41, 5.74) is 4.03. The van der Waals surface area contributed by atoms with Crippen LogP contribution >= 0.6 is 11.6 Å². The minimum Gasteiger partial charge on any atom is -0.481 e. The van der Waals surface area contributed by atoms with Crippen molar-refractivity contribution in [3.05, 3.63) is 83.2 Å². The normalized spacial score (nSPS) is 19.3. The maximum atomic E-state index is 13.8. The predicted octanol–water partition coefficient (Wildman–Crippen LogP) is 5.37. The molecule has 2 atom stereocenters. The largest absolute Gasteiger partial charge is 0.481 e. The first-order chi connectivity index (χ1) is 24.3. The summed E-state index contributed by atoms with van der Waals surface area (Å²) < 4.78 is 11.6. The van der Waals surface area contributed by atoms with Crippen molar-refractivity contribution in [1.82, 2.24) is 24.8 Å². The number of likely N-dealkylation sites (tertiary alicyclic amines) is 1. The van der Waals surface area contributed by atoms with Crippen molar-refractivity contribution < 1.29 is 14.3 Å². The van der Waals surface area contributed by atoms with Gasteiger partial charge in [0.25, 0.3) is 5.91 Å². The lowest BCUT2D eigenvalue weighted by atomic mass is 10.0. The third kappa shape index (κ3) is 6.65. The van der Waals surface area contributed by atoms with Gasteiger partial charge in [-0.15, -0.1) is 0 Å². The van der Waals surface area contributed by atoms with Crippen LogP contribution in [0.3, 0.4) is 0 Å². The maximum absolute atomic E-state index is 13.8. The molecule has 5 heterocycles. The molecule has 50 heavy (non-hydrogen) atoms. The van der Waals surface area contributed by atoms with E-state index in [2.05, 4.69) is 63.6 Å². The molecule has 12 heteroatoms. The molecule has 2 aromatic carbocycles. The number of carbonyl (C=O) groups excluding carboxylic acids is 1. The topological polar surface area (TPSA) is 111 Å². The van der Waals surface area contributed by atoms with Crippen molar-refractivity contribution in [2.45, 2.75) is 44.3 Å². The van der Waals surface area contributed by atoms with Crippen molar-refractivity contribution in [2.24, 2.45) is 0 Å². The van der Waals surface area contributed by atoms with E-state index in [9.17, 15) is 10.1 Å². The molecule has 1 amide bonds. The molecule has 0 bridgehead atoms. The number of likely N-dealkylation sites (N-methyl/N-ethyl adjacent to an activating group) is 1. The number of amides is 1. The Hall–Kier alpha value is -4.92. The monoisotopic (exact) mass is 692 g/mol. The van der Waals surface area contributed by atoms with Crippen LogP contribution in [0.15, 0.2) is 61.3 Å². The maximum Gasteiger partial charge on any atom is 0.318 e. The number of fused-ring (bicyclic) bond motifs is 2. The summed E-state index contributed by atoms with van der Waals surface area (Å²) in [6, 6.07) is 18.3. The van der Waals surface area contributed by atoms with Crippen LogP contribution in [0.2, 0.25) is 5.02 Å². The van der Waals surface area contributed by atoms with Gasteiger partial charge in [-0.2, -0.15) is 15.2 Å². The van der Waals surface area contributed by atoms with E-state index >= 15 is 0 Å². The Balaban J connectivity index is 1.18. The molecule has 258 valence electrons. The number of carbonyl (C=O) groups is 1. The minimum absolute atomic E-state index is 0.176. The average molecular weight is 693 g/mol. The number of halogens is 1. The number of benzene rings is 2. The van der Waals surface area contributed by atoms with Gasteiger partial charge < -0.3 is 29.1 Å². The van der Waals surface area contributed by atoms with Gasteiger partial charge in [0, 0.05) is 66.7 Å². The van der Waals surface area contributed by atoms with Crippen molar-refractivity contribution in [2.75, 3.05) is 63.3 Å². The Bertz CT molecular complexity index is 1960. The van der Waals surface area contributed by atoms with E-state index in [0.29, 0.717) is 61.9 Å². The second kappa shape index (κ2) is 14.5.